The Balaban J connectivity index is 2.07. The Morgan fingerprint density at radius 1 is 0.404 bits per heavy atom. The molecule has 0 fully saturated rings. The maximum atomic E-state index is 13.8. The van der Waals surface area contributed by atoms with Gasteiger partial charge in [-0.25, -0.2) is 0 Å². The summed E-state index contributed by atoms with van der Waals surface area (Å²) in [6, 6.07) is 51.3. The first-order chi connectivity index (χ1) is 22.5. The van der Waals surface area contributed by atoms with E-state index in [1.54, 1.807) is 0 Å². The summed E-state index contributed by atoms with van der Waals surface area (Å²) in [6.07, 6.45) is 0. The molecule has 0 atom stereocenters. The van der Waals surface area contributed by atoms with E-state index in [0.717, 1.165) is 38.9 Å². The van der Waals surface area contributed by atoms with E-state index in [4.69, 9.17) is 4.08 Å². The fraction of sp³-hybridized carbons (Fsp3) is 0.122. The molecule has 0 aliphatic heterocycles. The van der Waals surface area contributed by atoms with Crippen LogP contribution in [0, 0.1) is 37.9 Å². The molecule has 6 aromatic carbocycles. The van der Waals surface area contributed by atoms with Gasteiger partial charge in [0.1, 0.15) is 0 Å². The van der Waals surface area contributed by atoms with Crippen LogP contribution in [-0.4, -0.2) is 0 Å². The normalized spacial score (nSPS) is 13.1. The third-order valence-electron chi connectivity index (χ3n) is 9.30. The van der Waals surface area contributed by atoms with Crippen LogP contribution in [0.5, 0.6) is 0 Å². The second-order valence-corrected chi connectivity index (χ2v) is 17.9. The molecule has 6 heteroatoms. The van der Waals surface area contributed by atoms with E-state index in [9.17, 15) is 14.0 Å². The molecule has 6 rings (SSSR count). The van der Waals surface area contributed by atoms with Crippen molar-refractivity contribution < 1.29 is 28.3 Å². The quantitative estimate of drug-likeness (QED) is 0.150. The van der Waals surface area contributed by atoms with Gasteiger partial charge in [-0.1, -0.05) is 0 Å². The van der Waals surface area contributed by atoms with E-state index in [1.165, 1.54) is 0 Å². The van der Waals surface area contributed by atoms with Crippen molar-refractivity contribution in [2.75, 3.05) is 0 Å². The van der Waals surface area contributed by atoms with Crippen molar-refractivity contribution in [3.05, 3.63) is 197 Å². The fourth-order valence-electron chi connectivity index (χ4n) is 7.25. The summed E-state index contributed by atoms with van der Waals surface area (Å²) in [5.41, 5.74) is 6.49. The van der Waals surface area contributed by atoms with Crippen molar-refractivity contribution in [1.82, 2.24) is 0 Å². The van der Waals surface area contributed by atoms with Gasteiger partial charge in [0.05, 0.1) is 0 Å². The van der Waals surface area contributed by atoms with Crippen molar-refractivity contribution in [2.45, 2.75) is 32.9 Å². The van der Waals surface area contributed by atoms with Crippen LogP contribution < -0.4 is 29.9 Å². The topological polar surface area (TPSA) is 78.4 Å². The van der Waals surface area contributed by atoms with E-state index in [2.05, 4.69) is 0 Å². The molecule has 6 aromatic rings. The average molecular weight is 661 g/mol. The maximum absolute atomic E-state index is 13.8. The summed E-state index contributed by atoms with van der Waals surface area (Å²) in [5.74, 6) is 0. The molecule has 0 aliphatic rings. The molecule has 238 valence electrons. The Morgan fingerprint density at radius 2 is 0.681 bits per heavy atom. The van der Waals surface area contributed by atoms with Gasteiger partial charge in [-0.2, -0.15) is 0 Å². The van der Waals surface area contributed by atoms with E-state index < -0.39 is 22.2 Å². The van der Waals surface area contributed by atoms with Gasteiger partial charge in [0.15, 0.2) is 0 Å². The molecule has 0 N–H and O–H groups in total. The number of rotatable bonds is 9. The number of hydrogen-bond acceptors (Lipinski definition) is 4. The fourth-order valence-corrected chi connectivity index (χ4v) is 16.2. The van der Waals surface area contributed by atoms with Crippen molar-refractivity contribution >= 4 is 22.7 Å². The third-order valence-corrected chi connectivity index (χ3v) is 17.0. The van der Waals surface area contributed by atoms with Gasteiger partial charge in [0.25, 0.3) is 0 Å². The van der Waals surface area contributed by atoms with Crippen LogP contribution in [0.25, 0.3) is 0 Å². The molecule has 0 saturated carbocycles. The van der Waals surface area contributed by atoms with Gasteiger partial charge in [0, 0.05) is 0 Å². The molecular formula is C41H38ClO4P. The summed E-state index contributed by atoms with van der Waals surface area (Å²) in [7, 11) is -5.05. The Morgan fingerprint density at radius 3 is 0.979 bits per heavy atom. The molecule has 0 aromatic heterocycles. The van der Waals surface area contributed by atoms with Crippen molar-refractivity contribution in [3.63, 3.8) is 0 Å². The van der Waals surface area contributed by atoms with Crippen LogP contribution in [0.1, 0.15) is 38.9 Å². The number of aryl methyl sites for hydroxylation is 4. The zero-order chi connectivity index (χ0) is 33.3. The van der Waals surface area contributed by atoms with Crippen molar-refractivity contribution in [1.29, 1.82) is 0 Å². The molecule has 47 heavy (non-hydrogen) atoms. The van der Waals surface area contributed by atoms with E-state index >= 15 is 0 Å². The summed E-state index contributed by atoms with van der Waals surface area (Å²) in [4.78, 5) is 0. The summed E-state index contributed by atoms with van der Waals surface area (Å²) < 4.78 is 48.1. The SMILES string of the molecule is Cc1ccc(C(c2ccc(C)cc2)(c2ccc(C)cc2)P(O[Cl+3]([O-])([O-])[O-])(c2ccccc2)(c2ccccc2)c2ccc(C)cc2)cc1. The minimum atomic E-state index is -5.16. The molecule has 0 bridgehead atoms. The van der Waals surface area contributed by atoms with E-state index in [0.29, 0.717) is 15.9 Å². The molecule has 4 nitrogen and oxygen atoms in total. The molecule has 0 aliphatic carbocycles. The molecule has 0 unspecified atom stereocenters. The molecule has 0 spiro atoms. The number of hydrogen-bond donors (Lipinski definition) is 0. The van der Waals surface area contributed by atoms with Crippen LogP contribution in [-0.2, 0) is 9.23 Å². The van der Waals surface area contributed by atoms with Gasteiger partial charge >= 0.3 is 281 Å². The van der Waals surface area contributed by atoms with Crippen LogP contribution in [0.3, 0.4) is 0 Å². The Labute approximate surface area is 279 Å². The first-order valence-electron chi connectivity index (χ1n) is 15.6. The van der Waals surface area contributed by atoms with E-state index in [-0.39, 0.29) is 0 Å². The number of benzene rings is 6. The standard InChI is InChI=1S/C41H38ClO4P/c1-31-15-23-35(24-16-31)41(36-25-17-32(2)18-26-36,37-27-19-33(3)20-28-37)47(46-42(43,44)45,38-11-7-5-8-12-38,39-13-9-6-10-14-39)40-29-21-34(4)22-30-40/h5-30H,1-4H3. The minimum absolute atomic E-state index is 0.599. The van der Waals surface area contributed by atoms with E-state index in [1.807, 2.05) is 185 Å². The zero-order valence-corrected chi connectivity index (χ0v) is 28.6. The molecule has 0 radical (unpaired) electrons. The van der Waals surface area contributed by atoms with Crippen LogP contribution in [0.15, 0.2) is 158 Å². The van der Waals surface area contributed by atoms with Crippen molar-refractivity contribution in [3.8, 4) is 0 Å². The first-order valence-corrected chi connectivity index (χ1v) is 18.9. The Hall–Kier alpha value is -4.12. The Bertz CT molecular complexity index is 1800. The molecule has 0 heterocycles. The molecular weight excluding hydrogens is 623 g/mol. The van der Waals surface area contributed by atoms with Gasteiger partial charge in [0.2, 0.25) is 0 Å². The van der Waals surface area contributed by atoms with Gasteiger partial charge < -0.3 is 0 Å². The second-order valence-electron chi connectivity index (χ2n) is 12.3. The first kappa shape index (κ1) is 32.8. The molecule has 0 saturated heterocycles. The van der Waals surface area contributed by atoms with Crippen molar-refractivity contribution in [2.24, 2.45) is 0 Å². The van der Waals surface area contributed by atoms with Gasteiger partial charge in [-0.3, -0.25) is 0 Å². The van der Waals surface area contributed by atoms with Crippen LogP contribution in [0.4, 0.5) is 0 Å². The monoisotopic (exact) mass is 660 g/mol. The Kier molecular flexibility index (Phi) is 8.71. The second kappa shape index (κ2) is 12.5. The average Bonchev–Trinajstić information content (AvgIpc) is 3.07. The predicted octanol–water partition coefficient (Wildman–Crippen LogP) is 5.57. The molecule has 0 amide bonds. The predicted molar refractivity (Wildman–Crippen MR) is 184 cm³/mol. The van der Waals surface area contributed by atoms with Gasteiger partial charge in [-0.15, -0.1) is 0 Å². The zero-order valence-electron chi connectivity index (χ0n) is 27.0. The third kappa shape index (κ3) is 5.23. The summed E-state index contributed by atoms with van der Waals surface area (Å²) in [6.45, 7) is 2.89. The summed E-state index contributed by atoms with van der Waals surface area (Å²) in [5, 5.41) is 0.403. The van der Waals surface area contributed by atoms with Crippen LogP contribution >= 0.6 is 6.83 Å². The summed E-state index contributed by atoms with van der Waals surface area (Å²) >= 11 is 0. The van der Waals surface area contributed by atoms with Gasteiger partial charge in [-0.05, 0) is 0 Å². The number of halogens is 1. The van der Waals surface area contributed by atoms with Crippen LogP contribution in [0.2, 0.25) is 0 Å².